The van der Waals surface area contributed by atoms with Crippen molar-refractivity contribution in [3.8, 4) is 11.5 Å². The summed E-state index contributed by atoms with van der Waals surface area (Å²) >= 11 is 0. The maximum atomic E-state index is 12.6. The zero-order chi connectivity index (χ0) is 20.8. The van der Waals surface area contributed by atoms with Crippen LogP contribution in [0.25, 0.3) is 0 Å². The van der Waals surface area contributed by atoms with Gasteiger partial charge in [0, 0.05) is 12.6 Å². The van der Waals surface area contributed by atoms with Crippen LogP contribution in [0.15, 0.2) is 72.8 Å². The number of para-hydroxylation sites is 3. The Hall–Kier alpha value is -3.60. The van der Waals surface area contributed by atoms with E-state index in [0.717, 1.165) is 11.1 Å². The van der Waals surface area contributed by atoms with Crippen LogP contribution in [0.5, 0.6) is 11.5 Å². The van der Waals surface area contributed by atoms with Gasteiger partial charge in [0.2, 0.25) is 11.8 Å². The summed E-state index contributed by atoms with van der Waals surface area (Å²) < 4.78 is 5.95. The lowest BCUT2D eigenvalue weighted by molar-refractivity contribution is -0.120. The fourth-order valence-electron chi connectivity index (χ4n) is 3.14. The number of aryl methyl sites for hydroxylation is 2. The largest absolute Gasteiger partial charge is 0.455 e. The molecule has 0 atom stereocenters. The average molecular weight is 388 g/mol. The van der Waals surface area contributed by atoms with Crippen LogP contribution in [-0.4, -0.2) is 18.4 Å². The van der Waals surface area contributed by atoms with Gasteiger partial charge in [-0.05, 0) is 61.4 Å². The van der Waals surface area contributed by atoms with Gasteiger partial charge in [0.1, 0.15) is 12.3 Å². The maximum Gasteiger partial charge on any atom is 0.244 e. The third-order valence-corrected chi connectivity index (χ3v) is 4.31. The fourth-order valence-corrected chi connectivity index (χ4v) is 3.14. The zero-order valence-electron chi connectivity index (χ0n) is 16.8. The molecule has 0 saturated carbocycles. The summed E-state index contributed by atoms with van der Waals surface area (Å²) in [6, 6.07) is 22.3. The van der Waals surface area contributed by atoms with Gasteiger partial charge in [-0.2, -0.15) is 0 Å². The minimum Gasteiger partial charge on any atom is -0.455 e. The number of carbonyl (C=O) groups is 2. The molecule has 2 amide bonds. The Morgan fingerprint density at radius 1 is 0.897 bits per heavy atom. The molecule has 0 fully saturated rings. The van der Waals surface area contributed by atoms with E-state index < -0.39 is 0 Å². The Balaban J connectivity index is 1.81. The van der Waals surface area contributed by atoms with Gasteiger partial charge in [-0.25, -0.2) is 0 Å². The number of rotatable bonds is 6. The summed E-state index contributed by atoms with van der Waals surface area (Å²) in [5.74, 6) is 0.639. The third-order valence-electron chi connectivity index (χ3n) is 4.31. The lowest BCUT2D eigenvalue weighted by atomic mass is 10.1. The number of benzene rings is 3. The molecule has 3 rings (SSSR count). The predicted octanol–water partition coefficient (Wildman–Crippen LogP) is 5.09. The number of hydrogen-bond donors (Lipinski definition) is 1. The van der Waals surface area contributed by atoms with Gasteiger partial charge in [0.25, 0.3) is 0 Å². The van der Waals surface area contributed by atoms with Gasteiger partial charge in [-0.3, -0.25) is 14.5 Å². The highest BCUT2D eigenvalue weighted by atomic mass is 16.5. The van der Waals surface area contributed by atoms with E-state index in [-0.39, 0.29) is 18.4 Å². The molecule has 3 aromatic carbocycles. The summed E-state index contributed by atoms with van der Waals surface area (Å²) in [6.07, 6.45) is 0. The van der Waals surface area contributed by atoms with Gasteiger partial charge in [0.05, 0.1) is 5.69 Å². The van der Waals surface area contributed by atoms with Crippen LogP contribution in [0, 0.1) is 13.8 Å². The second-order valence-corrected chi connectivity index (χ2v) is 6.91. The molecule has 0 saturated heterocycles. The first-order valence-corrected chi connectivity index (χ1v) is 9.40. The summed E-state index contributed by atoms with van der Waals surface area (Å²) in [4.78, 5) is 26.4. The Morgan fingerprint density at radius 2 is 1.52 bits per heavy atom. The highest BCUT2D eigenvalue weighted by Crippen LogP contribution is 2.32. The van der Waals surface area contributed by atoms with Crippen LogP contribution >= 0.6 is 0 Å². The van der Waals surface area contributed by atoms with Gasteiger partial charge in [-0.1, -0.05) is 36.4 Å². The van der Waals surface area contributed by atoms with Crippen LogP contribution in [-0.2, 0) is 9.59 Å². The molecule has 5 nitrogen and oxygen atoms in total. The van der Waals surface area contributed by atoms with Crippen LogP contribution in [0.2, 0.25) is 0 Å². The highest BCUT2D eigenvalue weighted by Gasteiger charge is 2.20. The second-order valence-electron chi connectivity index (χ2n) is 6.91. The molecule has 1 N–H and O–H groups in total. The monoisotopic (exact) mass is 388 g/mol. The van der Waals surface area contributed by atoms with Crippen LogP contribution in [0.1, 0.15) is 18.1 Å². The smallest absolute Gasteiger partial charge is 0.244 e. The fraction of sp³-hybridized carbons (Fsp3) is 0.167. The van der Waals surface area contributed by atoms with Crippen molar-refractivity contribution in [2.24, 2.45) is 0 Å². The van der Waals surface area contributed by atoms with Crippen molar-refractivity contribution >= 4 is 23.2 Å². The molecule has 0 aliphatic carbocycles. The maximum absolute atomic E-state index is 12.6. The van der Waals surface area contributed by atoms with Gasteiger partial charge >= 0.3 is 0 Å². The first-order chi connectivity index (χ1) is 13.9. The van der Waals surface area contributed by atoms with E-state index in [4.69, 9.17) is 4.74 Å². The summed E-state index contributed by atoms with van der Waals surface area (Å²) in [6.45, 7) is 5.27. The molecule has 5 heteroatoms. The molecular formula is C24H24N2O3. The molecule has 0 aliphatic rings. The molecule has 0 heterocycles. The van der Waals surface area contributed by atoms with Crippen LogP contribution in [0.3, 0.4) is 0 Å². The molecular weight excluding hydrogens is 364 g/mol. The number of nitrogens with one attached hydrogen (secondary N) is 1. The minimum absolute atomic E-state index is 0.114. The number of nitrogens with zero attached hydrogens (tertiary/aromatic N) is 1. The predicted molar refractivity (Wildman–Crippen MR) is 116 cm³/mol. The van der Waals surface area contributed by atoms with E-state index in [1.807, 2.05) is 74.5 Å². The van der Waals surface area contributed by atoms with E-state index in [2.05, 4.69) is 5.32 Å². The van der Waals surface area contributed by atoms with Gasteiger partial charge in [-0.15, -0.1) is 0 Å². The summed E-state index contributed by atoms with van der Waals surface area (Å²) in [5, 5.41) is 2.87. The second kappa shape index (κ2) is 9.06. The molecule has 0 aromatic heterocycles. The number of amides is 2. The topological polar surface area (TPSA) is 58.6 Å². The number of carbonyl (C=O) groups excluding carboxylic acids is 2. The van der Waals surface area contributed by atoms with E-state index in [9.17, 15) is 9.59 Å². The summed E-state index contributed by atoms with van der Waals surface area (Å²) in [5.41, 5.74) is 3.37. The molecule has 0 aliphatic heterocycles. The number of ether oxygens (including phenoxy) is 1. The highest BCUT2D eigenvalue weighted by molar-refractivity contribution is 6.02. The van der Waals surface area contributed by atoms with Crippen molar-refractivity contribution in [3.05, 3.63) is 83.9 Å². The van der Waals surface area contributed by atoms with Gasteiger partial charge in [0.15, 0.2) is 5.75 Å². The lowest BCUT2D eigenvalue weighted by Crippen LogP contribution is -2.36. The Kier molecular flexibility index (Phi) is 6.29. The molecule has 0 spiro atoms. The first kappa shape index (κ1) is 20.1. The molecule has 0 bridgehead atoms. The van der Waals surface area contributed by atoms with Gasteiger partial charge < -0.3 is 10.1 Å². The van der Waals surface area contributed by atoms with Crippen molar-refractivity contribution in [2.75, 3.05) is 16.8 Å². The molecule has 0 unspecified atom stereocenters. The normalized spacial score (nSPS) is 10.3. The van der Waals surface area contributed by atoms with Crippen molar-refractivity contribution in [3.63, 3.8) is 0 Å². The number of anilines is 2. The molecule has 29 heavy (non-hydrogen) atoms. The van der Waals surface area contributed by atoms with E-state index in [1.54, 1.807) is 12.1 Å². The first-order valence-electron chi connectivity index (χ1n) is 9.40. The van der Waals surface area contributed by atoms with Crippen LogP contribution < -0.4 is 15.0 Å². The third kappa shape index (κ3) is 5.45. The number of hydrogen-bond acceptors (Lipinski definition) is 3. The van der Waals surface area contributed by atoms with Crippen molar-refractivity contribution in [1.82, 2.24) is 0 Å². The molecule has 3 aromatic rings. The Morgan fingerprint density at radius 3 is 2.17 bits per heavy atom. The van der Waals surface area contributed by atoms with Crippen molar-refractivity contribution in [1.29, 1.82) is 0 Å². The standard InChI is InChI=1S/C24H24N2O3/c1-17-13-18(2)15-20(14-17)25-24(28)16-26(19(3)27)22-11-7-8-12-23(22)29-21-9-5-4-6-10-21/h4-15H,16H2,1-3H3,(H,25,28). The molecule has 0 radical (unpaired) electrons. The quantitative estimate of drug-likeness (QED) is 0.640. The lowest BCUT2D eigenvalue weighted by Gasteiger charge is -2.23. The Labute approximate surface area is 170 Å². The van der Waals surface area contributed by atoms with E-state index in [1.165, 1.54) is 11.8 Å². The van der Waals surface area contributed by atoms with Crippen molar-refractivity contribution in [2.45, 2.75) is 20.8 Å². The zero-order valence-corrected chi connectivity index (χ0v) is 16.8. The SMILES string of the molecule is CC(=O)N(CC(=O)Nc1cc(C)cc(C)c1)c1ccccc1Oc1ccccc1. The van der Waals surface area contributed by atoms with Crippen LogP contribution in [0.4, 0.5) is 11.4 Å². The van der Waals surface area contributed by atoms with E-state index >= 15 is 0 Å². The van der Waals surface area contributed by atoms with Crippen molar-refractivity contribution < 1.29 is 14.3 Å². The average Bonchev–Trinajstić information content (AvgIpc) is 2.66. The summed E-state index contributed by atoms with van der Waals surface area (Å²) in [7, 11) is 0. The Bertz CT molecular complexity index is 995. The molecule has 148 valence electrons. The van der Waals surface area contributed by atoms with E-state index in [0.29, 0.717) is 22.9 Å². The minimum atomic E-state index is -0.278.